The summed E-state index contributed by atoms with van der Waals surface area (Å²) in [4.78, 5) is 8.28. The molecule has 1 fully saturated rings. The number of piperidine rings is 1. The first kappa shape index (κ1) is 18.5. The Morgan fingerprint density at radius 2 is 2.15 bits per heavy atom. The van der Waals surface area contributed by atoms with E-state index in [0.717, 1.165) is 48.5 Å². The predicted octanol–water partition coefficient (Wildman–Crippen LogP) is 3.49. The molecule has 7 heteroatoms. The summed E-state index contributed by atoms with van der Waals surface area (Å²) in [6, 6.07) is 4.90. The van der Waals surface area contributed by atoms with Gasteiger partial charge in [0, 0.05) is 40.4 Å². The number of thioether (sulfide) groups is 1. The third-order valence-electron chi connectivity index (χ3n) is 5.48. The van der Waals surface area contributed by atoms with Gasteiger partial charge < -0.3 is 10.4 Å². The lowest BCUT2D eigenvalue weighted by molar-refractivity contribution is 0.174. The molecule has 144 valence electrons. The van der Waals surface area contributed by atoms with E-state index in [-0.39, 0.29) is 0 Å². The Hall–Kier alpha value is -1.86. The molecule has 6 nitrogen and oxygen atoms in total. The van der Waals surface area contributed by atoms with Gasteiger partial charge in [-0.3, -0.25) is 4.90 Å². The van der Waals surface area contributed by atoms with E-state index in [2.05, 4.69) is 45.3 Å². The van der Waals surface area contributed by atoms with Crippen molar-refractivity contribution in [2.45, 2.75) is 57.0 Å². The van der Waals surface area contributed by atoms with Crippen molar-refractivity contribution < 1.29 is 5.11 Å². The van der Waals surface area contributed by atoms with E-state index in [1.807, 2.05) is 13.0 Å². The highest BCUT2D eigenvalue weighted by atomic mass is 32.2. The smallest absolute Gasteiger partial charge is 0.243 e. The fourth-order valence-electron chi connectivity index (χ4n) is 3.94. The van der Waals surface area contributed by atoms with E-state index in [0.29, 0.717) is 29.5 Å². The maximum absolute atomic E-state index is 10.7. The molecular weight excluding hydrogens is 358 g/mol. The molecule has 4 rings (SSSR count). The highest BCUT2D eigenvalue weighted by molar-refractivity contribution is 7.99. The Morgan fingerprint density at radius 3 is 2.93 bits per heavy atom. The molecule has 1 aromatic carbocycles. The Labute approximate surface area is 164 Å². The lowest BCUT2D eigenvalue weighted by atomic mass is 10.0. The number of aromatic hydroxyl groups is 1. The first-order chi connectivity index (χ1) is 13.0. The number of likely N-dealkylation sites (tertiary alicyclic amines) is 1. The average Bonchev–Trinajstić information content (AvgIpc) is 3.13. The molecule has 1 aromatic heterocycles. The van der Waals surface area contributed by atoms with Crippen molar-refractivity contribution >= 4 is 17.7 Å². The molecule has 0 spiro atoms. The van der Waals surface area contributed by atoms with Crippen LogP contribution in [-0.2, 0) is 6.42 Å². The number of benzene rings is 1. The molecule has 3 heterocycles. The molecule has 2 aliphatic rings. The van der Waals surface area contributed by atoms with Crippen LogP contribution in [0.1, 0.15) is 37.9 Å². The second kappa shape index (κ2) is 7.64. The van der Waals surface area contributed by atoms with Crippen molar-refractivity contribution in [3.8, 4) is 17.0 Å². The molecule has 1 saturated heterocycles. The van der Waals surface area contributed by atoms with E-state index in [1.165, 1.54) is 11.3 Å². The van der Waals surface area contributed by atoms with Gasteiger partial charge in [-0.15, -0.1) is 22.0 Å². The quantitative estimate of drug-likeness (QED) is 0.834. The van der Waals surface area contributed by atoms with E-state index < -0.39 is 0 Å². The van der Waals surface area contributed by atoms with Gasteiger partial charge in [0.1, 0.15) is 11.4 Å². The lowest BCUT2D eigenvalue weighted by Crippen LogP contribution is -2.45. The summed E-state index contributed by atoms with van der Waals surface area (Å²) in [5.74, 6) is 1.92. The number of hydrogen-bond acceptors (Lipinski definition) is 7. The third-order valence-corrected chi connectivity index (χ3v) is 6.58. The first-order valence-corrected chi connectivity index (χ1v) is 10.7. The zero-order valence-electron chi connectivity index (χ0n) is 16.2. The number of fused-ring (bicyclic) bond motifs is 1. The molecule has 0 aliphatic carbocycles. The Bertz CT molecular complexity index is 841. The standard InChI is InChI=1S/C20H27N5OS/c1-12(2)25-9-4-5-14(11-25)22-20-21-13(3)18(23-24-20)16-6-7-17-15(19(16)26)8-10-27-17/h6-7,12,14,26H,4-5,8-11H2,1-3H3,(H,21,22,24)/t14-/m1/s1. The number of nitrogens with one attached hydrogen (secondary N) is 1. The molecule has 0 radical (unpaired) electrons. The van der Waals surface area contributed by atoms with Crippen LogP contribution in [0.5, 0.6) is 5.75 Å². The molecule has 1 atom stereocenters. The largest absolute Gasteiger partial charge is 0.507 e. The van der Waals surface area contributed by atoms with Gasteiger partial charge in [0.15, 0.2) is 0 Å². The highest BCUT2D eigenvalue weighted by Gasteiger charge is 2.24. The van der Waals surface area contributed by atoms with E-state index in [9.17, 15) is 5.11 Å². The number of nitrogens with zero attached hydrogens (tertiary/aromatic N) is 4. The number of anilines is 1. The zero-order chi connectivity index (χ0) is 19.0. The number of aromatic nitrogens is 3. The van der Waals surface area contributed by atoms with E-state index >= 15 is 0 Å². The lowest BCUT2D eigenvalue weighted by Gasteiger charge is -2.35. The Kier molecular flexibility index (Phi) is 5.23. The van der Waals surface area contributed by atoms with Crippen molar-refractivity contribution in [3.05, 3.63) is 23.4 Å². The molecule has 0 unspecified atom stereocenters. The van der Waals surface area contributed by atoms with Gasteiger partial charge in [-0.25, -0.2) is 4.98 Å². The molecule has 0 amide bonds. The normalized spacial score (nSPS) is 20.1. The van der Waals surface area contributed by atoms with Crippen LogP contribution in [0, 0.1) is 6.92 Å². The minimum absolute atomic E-state index is 0.331. The minimum atomic E-state index is 0.331. The predicted molar refractivity (Wildman–Crippen MR) is 109 cm³/mol. The van der Waals surface area contributed by atoms with Gasteiger partial charge >= 0.3 is 0 Å². The SMILES string of the molecule is Cc1nc(N[C@@H]2CCCN(C(C)C)C2)nnc1-c1ccc2c(c1O)CCS2. The van der Waals surface area contributed by atoms with E-state index in [4.69, 9.17) is 0 Å². The summed E-state index contributed by atoms with van der Waals surface area (Å²) >= 11 is 1.79. The zero-order valence-corrected chi connectivity index (χ0v) is 17.0. The molecule has 0 bridgehead atoms. The van der Waals surface area contributed by atoms with Crippen molar-refractivity contribution in [1.82, 2.24) is 20.1 Å². The van der Waals surface area contributed by atoms with Gasteiger partial charge in [0.2, 0.25) is 5.95 Å². The number of phenols is 1. The van der Waals surface area contributed by atoms with Crippen molar-refractivity contribution in [2.24, 2.45) is 0 Å². The molecule has 2 aliphatic heterocycles. The first-order valence-electron chi connectivity index (χ1n) is 9.73. The molecule has 2 N–H and O–H groups in total. The molecule has 2 aromatic rings. The van der Waals surface area contributed by atoms with Crippen LogP contribution in [0.4, 0.5) is 5.95 Å². The summed E-state index contributed by atoms with van der Waals surface area (Å²) in [5, 5.41) is 22.8. The average molecular weight is 386 g/mol. The van der Waals surface area contributed by atoms with Gasteiger partial charge in [-0.1, -0.05) is 0 Å². The van der Waals surface area contributed by atoms with Gasteiger partial charge in [0.05, 0.1) is 5.69 Å². The fraction of sp³-hybridized carbons (Fsp3) is 0.550. The van der Waals surface area contributed by atoms with Crippen LogP contribution in [0.3, 0.4) is 0 Å². The maximum Gasteiger partial charge on any atom is 0.243 e. The fourth-order valence-corrected chi connectivity index (χ4v) is 5.00. The summed E-state index contributed by atoms with van der Waals surface area (Å²) in [7, 11) is 0. The van der Waals surface area contributed by atoms with Crippen LogP contribution < -0.4 is 5.32 Å². The maximum atomic E-state index is 10.7. The summed E-state index contributed by atoms with van der Waals surface area (Å²) in [5.41, 5.74) is 3.19. The minimum Gasteiger partial charge on any atom is -0.507 e. The molecule has 0 saturated carbocycles. The van der Waals surface area contributed by atoms with Crippen LogP contribution in [0.15, 0.2) is 17.0 Å². The van der Waals surface area contributed by atoms with Crippen LogP contribution in [0.2, 0.25) is 0 Å². The Morgan fingerprint density at radius 1 is 1.30 bits per heavy atom. The third kappa shape index (κ3) is 3.75. The van der Waals surface area contributed by atoms with Crippen molar-refractivity contribution in [1.29, 1.82) is 0 Å². The number of aryl methyl sites for hydroxylation is 1. The highest BCUT2D eigenvalue weighted by Crippen LogP contribution is 2.42. The number of hydrogen-bond donors (Lipinski definition) is 2. The monoisotopic (exact) mass is 385 g/mol. The van der Waals surface area contributed by atoms with Crippen molar-refractivity contribution in [2.75, 3.05) is 24.2 Å². The van der Waals surface area contributed by atoms with Crippen LogP contribution >= 0.6 is 11.8 Å². The van der Waals surface area contributed by atoms with Gasteiger partial charge in [0.25, 0.3) is 0 Å². The van der Waals surface area contributed by atoms with Gasteiger partial charge in [-0.2, -0.15) is 0 Å². The van der Waals surface area contributed by atoms with Crippen molar-refractivity contribution in [3.63, 3.8) is 0 Å². The second-order valence-electron chi connectivity index (χ2n) is 7.68. The van der Waals surface area contributed by atoms with Crippen LogP contribution in [0.25, 0.3) is 11.3 Å². The number of phenolic OH excluding ortho intramolecular Hbond substituents is 1. The topological polar surface area (TPSA) is 74.2 Å². The summed E-state index contributed by atoms with van der Waals surface area (Å²) < 4.78 is 0. The molecular formula is C20H27N5OS. The second-order valence-corrected chi connectivity index (χ2v) is 8.82. The Balaban J connectivity index is 1.53. The summed E-state index contributed by atoms with van der Waals surface area (Å²) in [6.07, 6.45) is 3.20. The summed E-state index contributed by atoms with van der Waals surface area (Å²) in [6.45, 7) is 8.56. The van der Waals surface area contributed by atoms with Gasteiger partial charge in [-0.05, 0) is 58.7 Å². The molecule has 27 heavy (non-hydrogen) atoms. The van der Waals surface area contributed by atoms with E-state index in [1.54, 1.807) is 11.8 Å². The van der Waals surface area contributed by atoms with Crippen LogP contribution in [-0.4, -0.2) is 56.1 Å². The number of rotatable bonds is 4.